The molecule has 0 atom stereocenters. The summed E-state index contributed by atoms with van der Waals surface area (Å²) in [6.07, 6.45) is -3.96. The number of carbonyl (C=O) groups is 2. The van der Waals surface area contributed by atoms with Gasteiger partial charge < -0.3 is 11.1 Å². The number of para-hydroxylation sites is 1. The number of halogens is 3. The molecule has 0 radical (unpaired) electrons. The van der Waals surface area contributed by atoms with Crippen LogP contribution in [0.5, 0.6) is 0 Å². The molecule has 2 heterocycles. The van der Waals surface area contributed by atoms with Gasteiger partial charge in [0.2, 0.25) is 0 Å². The van der Waals surface area contributed by atoms with Gasteiger partial charge in [-0.05, 0) is 36.6 Å². The number of alkyl halides is 3. The van der Waals surface area contributed by atoms with Crippen molar-refractivity contribution in [2.45, 2.75) is 33.0 Å². The highest BCUT2D eigenvalue weighted by atomic mass is 19.4. The molecule has 3 N–H and O–H groups in total. The van der Waals surface area contributed by atoms with E-state index in [2.05, 4.69) is 15.4 Å². The van der Waals surface area contributed by atoms with Gasteiger partial charge in [0.05, 0.1) is 29.0 Å². The lowest BCUT2D eigenvalue weighted by Gasteiger charge is -2.11. The van der Waals surface area contributed by atoms with Crippen molar-refractivity contribution < 1.29 is 22.8 Å². The first kappa shape index (κ1) is 23.9. The normalized spacial score (nSPS) is 11.6. The molecule has 35 heavy (non-hydrogen) atoms. The van der Waals surface area contributed by atoms with Crippen molar-refractivity contribution in [3.63, 3.8) is 0 Å². The fourth-order valence-corrected chi connectivity index (χ4v) is 3.77. The van der Waals surface area contributed by atoms with E-state index in [1.54, 1.807) is 24.3 Å². The smallest absolute Gasteiger partial charge is 0.364 e. The Morgan fingerprint density at radius 1 is 1.06 bits per heavy atom. The molecule has 2 aromatic heterocycles. The second-order valence-electron chi connectivity index (χ2n) is 8.03. The number of hydrogen-bond acceptors (Lipinski definition) is 4. The molecule has 180 valence electrons. The van der Waals surface area contributed by atoms with E-state index >= 15 is 0 Å². The Morgan fingerprint density at radius 2 is 1.71 bits per heavy atom. The summed E-state index contributed by atoms with van der Waals surface area (Å²) >= 11 is 0. The topological polar surface area (TPSA) is 103 Å². The molecule has 2 amide bonds. The monoisotopic (exact) mass is 481 g/mol. The number of aromatic nitrogens is 3. The van der Waals surface area contributed by atoms with Gasteiger partial charge in [-0.2, -0.15) is 18.3 Å². The third kappa shape index (κ3) is 4.86. The number of anilines is 1. The van der Waals surface area contributed by atoms with Gasteiger partial charge in [0.1, 0.15) is 5.69 Å². The van der Waals surface area contributed by atoms with Crippen LogP contribution in [0, 0.1) is 6.92 Å². The summed E-state index contributed by atoms with van der Waals surface area (Å²) < 4.78 is 42.8. The van der Waals surface area contributed by atoms with Gasteiger partial charge in [0.25, 0.3) is 11.8 Å². The Hall–Kier alpha value is -4.21. The van der Waals surface area contributed by atoms with Gasteiger partial charge in [0.15, 0.2) is 5.69 Å². The number of fused-ring (bicyclic) bond motifs is 1. The lowest BCUT2D eigenvalue weighted by atomic mass is 10.1. The summed E-state index contributed by atoms with van der Waals surface area (Å²) in [5.41, 5.74) is 5.80. The molecule has 0 saturated carbocycles. The summed E-state index contributed by atoms with van der Waals surface area (Å²) in [6.45, 7) is 3.56. The Bertz CT molecular complexity index is 1430. The number of nitrogens with two attached hydrogens (primary N) is 1. The largest absolute Gasteiger partial charge is 0.437 e. The van der Waals surface area contributed by atoms with E-state index in [-0.39, 0.29) is 23.5 Å². The van der Waals surface area contributed by atoms with Gasteiger partial charge >= 0.3 is 6.18 Å². The van der Waals surface area contributed by atoms with Crippen molar-refractivity contribution in [1.82, 2.24) is 14.8 Å². The Kier molecular flexibility index (Phi) is 6.29. The first-order valence-corrected chi connectivity index (χ1v) is 10.8. The van der Waals surface area contributed by atoms with Crippen molar-refractivity contribution in [2.75, 3.05) is 5.32 Å². The maximum atomic E-state index is 13.9. The van der Waals surface area contributed by atoms with Crippen LogP contribution in [0.25, 0.3) is 10.9 Å². The van der Waals surface area contributed by atoms with Crippen LogP contribution in [0.15, 0.2) is 54.6 Å². The minimum absolute atomic E-state index is 0.0279. The van der Waals surface area contributed by atoms with Crippen LogP contribution in [0.2, 0.25) is 0 Å². The molecule has 0 aliphatic carbocycles. The summed E-state index contributed by atoms with van der Waals surface area (Å²) in [4.78, 5) is 29.0. The molecule has 2 aromatic carbocycles. The molecule has 7 nitrogen and oxygen atoms in total. The van der Waals surface area contributed by atoms with Gasteiger partial charge in [0, 0.05) is 5.39 Å². The number of carbonyl (C=O) groups excluding carboxylic acids is 2. The summed E-state index contributed by atoms with van der Waals surface area (Å²) in [5, 5.41) is 6.49. The highest BCUT2D eigenvalue weighted by Gasteiger charge is 2.39. The number of aryl methyl sites for hydroxylation is 1. The molecular formula is C25H22F3N5O2. The standard InChI is InChI=1S/C25H22F3N5O2/c1-3-15-8-10-16(11-9-15)13-33-14(2)21(22(32-33)25(26,27)28)31-24(35)18-12-20(23(29)34)30-19-7-5-4-6-17(18)19/h4-12H,3,13H2,1-2H3,(H2,29,34)(H,31,35). The van der Waals surface area contributed by atoms with Crippen LogP contribution in [-0.2, 0) is 19.1 Å². The predicted octanol–water partition coefficient (Wildman–Crippen LogP) is 4.72. The number of primary amides is 1. The number of hydrogen-bond donors (Lipinski definition) is 2. The van der Waals surface area contributed by atoms with Crippen LogP contribution in [0.3, 0.4) is 0 Å². The maximum Gasteiger partial charge on any atom is 0.437 e. The number of rotatable bonds is 6. The molecule has 0 spiro atoms. The average molecular weight is 481 g/mol. The molecule has 4 aromatic rings. The highest BCUT2D eigenvalue weighted by Crippen LogP contribution is 2.36. The SMILES string of the molecule is CCc1ccc(Cn2nc(C(F)(F)F)c(NC(=O)c3cc(C(N)=O)nc4ccccc34)c2C)cc1. The van der Waals surface area contributed by atoms with Gasteiger partial charge in [-0.15, -0.1) is 0 Å². The predicted molar refractivity (Wildman–Crippen MR) is 125 cm³/mol. The molecule has 10 heteroatoms. The zero-order valence-electron chi connectivity index (χ0n) is 19.0. The quantitative estimate of drug-likeness (QED) is 0.416. The zero-order chi connectivity index (χ0) is 25.3. The average Bonchev–Trinajstić information content (AvgIpc) is 3.14. The van der Waals surface area contributed by atoms with Crippen LogP contribution in [0.4, 0.5) is 18.9 Å². The molecule has 0 saturated heterocycles. The minimum Gasteiger partial charge on any atom is -0.364 e. The Morgan fingerprint density at radius 3 is 2.34 bits per heavy atom. The van der Waals surface area contributed by atoms with Crippen molar-refractivity contribution in [1.29, 1.82) is 0 Å². The van der Waals surface area contributed by atoms with E-state index in [0.717, 1.165) is 17.5 Å². The van der Waals surface area contributed by atoms with Crippen LogP contribution in [0.1, 0.15) is 50.3 Å². The number of amides is 2. The summed E-state index contributed by atoms with van der Waals surface area (Å²) in [7, 11) is 0. The number of pyridine rings is 1. The Labute approximate surface area is 198 Å². The van der Waals surface area contributed by atoms with E-state index in [4.69, 9.17) is 5.73 Å². The summed E-state index contributed by atoms with van der Waals surface area (Å²) in [6, 6.07) is 15.1. The fourth-order valence-electron chi connectivity index (χ4n) is 3.77. The first-order valence-electron chi connectivity index (χ1n) is 10.8. The number of nitrogens with zero attached hydrogens (tertiary/aromatic N) is 3. The molecule has 0 aliphatic heterocycles. The molecule has 4 rings (SSSR count). The van der Waals surface area contributed by atoms with Crippen molar-refractivity contribution in [3.8, 4) is 0 Å². The Balaban J connectivity index is 1.74. The molecule has 0 aliphatic rings. The molecule has 0 bridgehead atoms. The lowest BCUT2D eigenvalue weighted by Crippen LogP contribution is -2.19. The number of nitrogens with one attached hydrogen (secondary N) is 1. The van der Waals surface area contributed by atoms with E-state index in [9.17, 15) is 22.8 Å². The van der Waals surface area contributed by atoms with Gasteiger partial charge in [-0.3, -0.25) is 14.3 Å². The van der Waals surface area contributed by atoms with Crippen molar-refractivity contribution in [2.24, 2.45) is 5.73 Å². The van der Waals surface area contributed by atoms with Crippen molar-refractivity contribution in [3.05, 3.63) is 88.4 Å². The first-order chi connectivity index (χ1) is 16.6. The third-order valence-corrected chi connectivity index (χ3v) is 5.69. The highest BCUT2D eigenvalue weighted by molar-refractivity contribution is 6.14. The van der Waals surface area contributed by atoms with E-state index in [0.29, 0.717) is 10.9 Å². The van der Waals surface area contributed by atoms with E-state index in [1.807, 2.05) is 31.2 Å². The van der Waals surface area contributed by atoms with Crippen LogP contribution in [-0.4, -0.2) is 26.6 Å². The zero-order valence-corrected chi connectivity index (χ0v) is 19.0. The second kappa shape index (κ2) is 9.21. The molecular weight excluding hydrogens is 459 g/mol. The lowest BCUT2D eigenvalue weighted by molar-refractivity contribution is -0.140. The minimum atomic E-state index is -4.80. The van der Waals surface area contributed by atoms with Crippen LogP contribution < -0.4 is 11.1 Å². The van der Waals surface area contributed by atoms with E-state index in [1.165, 1.54) is 17.7 Å². The van der Waals surface area contributed by atoms with Gasteiger partial charge in [-0.25, -0.2) is 4.98 Å². The second-order valence-corrected chi connectivity index (χ2v) is 8.03. The van der Waals surface area contributed by atoms with Gasteiger partial charge in [-0.1, -0.05) is 49.4 Å². The fraction of sp³-hybridized carbons (Fsp3) is 0.200. The van der Waals surface area contributed by atoms with Crippen molar-refractivity contribution >= 4 is 28.4 Å². The maximum absolute atomic E-state index is 13.9. The van der Waals surface area contributed by atoms with Crippen LogP contribution >= 0.6 is 0 Å². The molecule has 0 unspecified atom stereocenters. The number of benzene rings is 2. The summed E-state index contributed by atoms with van der Waals surface area (Å²) in [5.74, 6) is -1.70. The van der Waals surface area contributed by atoms with E-state index < -0.39 is 29.4 Å². The molecule has 0 fully saturated rings. The third-order valence-electron chi connectivity index (χ3n) is 5.69.